The smallest absolute Gasteiger partial charge is 0.277 e. The minimum Gasteiger partial charge on any atom is -0.550 e. The molecule has 1 aromatic rings. The number of imidazole rings is 1. The number of nitrogens with zero attached hydrogens (tertiary/aromatic N) is 1. The van der Waals surface area contributed by atoms with Crippen LogP contribution in [0.3, 0.4) is 0 Å². The Morgan fingerprint density at radius 2 is 2.33 bits per heavy atom. The highest BCUT2D eigenvalue weighted by atomic mass is 16.4. The molecule has 0 saturated carbocycles. The second kappa shape index (κ2) is 5.17. The van der Waals surface area contributed by atoms with Crippen LogP contribution in [0.25, 0.3) is 0 Å². The zero-order chi connectivity index (χ0) is 9.56. The lowest BCUT2D eigenvalue weighted by atomic mass is 10.5. The summed E-state index contributed by atoms with van der Waals surface area (Å²) in [6.07, 6.45) is 4.56. The van der Waals surface area contributed by atoms with Gasteiger partial charge in [-0.25, -0.2) is 4.98 Å². The van der Waals surface area contributed by atoms with Gasteiger partial charge in [-0.1, -0.05) is 6.92 Å². The van der Waals surface area contributed by atoms with Crippen LogP contribution in [0.2, 0.25) is 0 Å². The summed E-state index contributed by atoms with van der Waals surface area (Å²) in [6, 6.07) is 0. The van der Waals surface area contributed by atoms with Crippen molar-refractivity contribution in [3.8, 4) is 0 Å². The number of carbonyl (C=O) groups is 1. The van der Waals surface area contributed by atoms with E-state index in [0.29, 0.717) is 0 Å². The van der Waals surface area contributed by atoms with Crippen LogP contribution in [-0.2, 0) is 11.2 Å². The Bertz CT molecular complexity index is 241. The van der Waals surface area contributed by atoms with Gasteiger partial charge in [-0.2, -0.15) is 0 Å². The molecule has 1 rings (SSSR count). The van der Waals surface area contributed by atoms with Crippen molar-refractivity contribution in [2.75, 3.05) is 5.84 Å². The number of aromatic amines is 1. The molecule has 0 aliphatic carbocycles. The summed E-state index contributed by atoms with van der Waals surface area (Å²) in [6.45, 7) is 3.02. The van der Waals surface area contributed by atoms with Crippen molar-refractivity contribution < 1.29 is 14.6 Å². The van der Waals surface area contributed by atoms with Crippen molar-refractivity contribution in [1.29, 1.82) is 0 Å². The number of rotatable bonds is 1. The summed E-state index contributed by atoms with van der Waals surface area (Å²) in [7, 11) is 0. The van der Waals surface area contributed by atoms with E-state index in [2.05, 4.69) is 11.9 Å². The fraction of sp³-hybridized carbons (Fsp3) is 0.429. The van der Waals surface area contributed by atoms with Crippen molar-refractivity contribution in [3.63, 3.8) is 0 Å². The number of nitrogens with one attached hydrogen (secondary N) is 1. The molecule has 12 heavy (non-hydrogen) atoms. The first kappa shape index (κ1) is 10.5. The number of carbonyl (C=O) groups excluding carboxylic acids is 1. The molecule has 0 atom stereocenters. The highest BCUT2D eigenvalue weighted by molar-refractivity contribution is 5.60. The minimum atomic E-state index is -1.08. The van der Waals surface area contributed by atoms with Crippen LogP contribution in [-0.4, -0.2) is 11.0 Å². The van der Waals surface area contributed by atoms with Crippen molar-refractivity contribution in [2.24, 2.45) is 0 Å². The first-order chi connectivity index (χ1) is 5.57. The second-order valence-electron chi connectivity index (χ2n) is 2.16. The van der Waals surface area contributed by atoms with Crippen LogP contribution in [0, 0.1) is 0 Å². The van der Waals surface area contributed by atoms with Gasteiger partial charge in [0.2, 0.25) is 0 Å². The maximum Gasteiger partial charge on any atom is 0.277 e. The number of H-pyrrole nitrogens is 1. The third kappa shape index (κ3) is 4.32. The highest BCUT2D eigenvalue weighted by Gasteiger charge is 2.00. The van der Waals surface area contributed by atoms with Crippen LogP contribution in [0.1, 0.15) is 19.7 Å². The summed E-state index contributed by atoms with van der Waals surface area (Å²) in [5.74, 6) is 5.40. The van der Waals surface area contributed by atoms with Crippen LogP contribution < -0.4 is 15.6 Å². The van der Waals surface area contributed by atoms with Gasteiger partial charge in [-0.05, 0) is 6.92 Å². The van der Waals surface area contributed by atoms with Gasteiger partial charge in [0.15, 0.2) is 6.20 Å². The number of carboxylic acids is 1. The zero-order valence-corrected chi connectivity index (χ0v) is 7.20. The molecule has 0 saturated heterocycles. The Kier molecular flexibility index (Phi) is 4.52. The molecule has 0 aliphatic rings. The van der Waals surface area contributed by atoms with Gasteiger partial charge in [0.25, 0.3) is 5.82 Å². The van der Waals surface area contributed by atoms with Crippen molar-refractivity contribution in [3.05, 3.63) is 18.2 Å². The van der Waals surface area contributed by atoms with Gasteiger partial charge in [0.1, 0.15) is 6.20 Å². The largest absolute Gasteiger partial charge is 0.550 e. The molecule has 0 amide bonds. The first-order valence-electron chi connectivity index (χ1n) is 3.58. The Hall–Kier alpha value is -1.52. The molecule has 0 unspecified atom stereocenters. The Balaban J connectivity index is 0.000000261. The van der Waals surface area contributed by atoms with Crippen molar-refractivity contribution in [1.82, 2.24) is 4.98 Å². The van der Waals surface area contributed by atoms with Gasteiger partial charge in [0, 0.05) is 12.4 Å². The molecule has 0 aromatic carbocycles. The van der Waals surface area contributed by atoms with Gasteiger partial charge < -0.3 is 9.90 Å². The van der Waals surface area contributed by atoms with Gasteiger partial charge in [-0.3, -0.25) is 5.84 Å². The van der Waals surface area contributed by atoms with Crippen LogP contribution in [0.15, 0.2) is 12.4 Å². The summed E-state index contributed by atoms with van der Waals surface area (Å²) in [5.41, 5.74) is 0. The summed E-state index contributed by atoms with van der Waals surface area (Å²) in [5, 5.41) is 8.89. The molecule has 0 radical (unpaired) electrons. The standard InChI is InChI=1S/C5H9N3.C2H4O2/c1-2-5-7-3-4-8(5)6;1-2(3)4/h3-4H,2,6H2,1H3;1H3,(H,3,4). The normalized spacial score (nSPS) is 8.50. The second-order valence-corrected chi connectivity index (χ2v) is 2.16. The van der Waals surface area contributed by atoms with Crippen LogP contribution in [0.5, 0.6) is 0 Å². The average Bonchev–Trinajstić information content (AvgIpc) is 2.33. The minimum absolute atomic E-state index is 0.948. The van der Waals surface area contributed by atoms with E-state index >= 15 is 0 Å². The number of aliphatic carboxylic acids is 1. The van der Waals surface area contributed by atoms with E-state index in [1.54, 1.807) is 10.9 Å². The molecular formula is C7H13N3O2. The number of hydrogen-bond donors (Lipinski definition) is 2. The quantitative estimate of drug-likeness (QED) is 0.391. The number of hydrogen-bond acceptors (Lipinski definition) is 3. The molecule has 0 fully saturated rings. The van der Waals surface area contributed by atoms with E-state index in [4.69, 9.17) is 15.7 Å². The fourth-order valence-corrected chi connectivity index (χ4v) is 0.663. The topological polar surface area (TPSA) is 85.8 Å². The Morgan fingerprint density at radius 3 is 2.50 bits per heavy atom. The van der Waals surface area contributed by atoms with Gasteiger partial charge in [0.05, 0.1) is 0 Å². The molecule has 5 nitrogen and oxygen atoms in total. The van der Waals surface area contributed by atoms with E-state index in [0.717, 1.165) is 19.2 Å². The van der Waals surface area contributed by atoms with Crippen molar-refractivity contribution >= 4 is 5.97 Å². The zero-order valence-electron chi connectivity index (χ0n) is 7.20. The van der Waals surface area contributed by atoms with Gasteiger partial charge in [-0.15, -0.1) is 4.68 Å². The molecule has 0 spiro atoms. The maximum atomic E-state index is 8.89. The molecular weight excluding hydrogens is 158 g/mol. The summed E-state index contributed by atoms with van der Waals surface area (Å²) in [4.78, 5) is 11.9. The molecule has 68 valence electrons. The van der Waals surface area contributed by atoms with E-state index in [1.807, 2.05) is 6.20 Å². The number of aryl methyl sites for hydroxylation is 1. The fourth-order valence-electron chi connectivity index (χ4n) is 0.663. The number of nitrogens with two attached hydrogens (primary N) is 1. The summed E-state index contributed by atoms with van der Waals surface area (Å²) >= 11 is 0. The Labute approximate surface area is 70.8 Å². The predicted octanol–water partition coefficient (Wildman–Crippen LogP) is -1.67. The van der Waals surface area contributed by atoms with E-state index in [9.17, 15) is 0 Å². The van der Waals surface area contributed by atoms with Crippen molar-refractivity contribution in [2.45, 2.75) is 20.3 Å². The Morgan fingerprint density at radius 1 is 1.83 bits per heavy atom. The van der Waals surface area contributed by atoms with E-state index in [1.165, 1.54) is 0 Å². The number of aromatic nitrogens is 2. The molecule has 5 heteroatoms. The number of carboxylic acid groups (broad SMARTS) is 1. The van der Waals surface area contributed by atoms with Gasteiger partial charge >= 0.3 is 0 Å². The monoisotopic (exact) mass is 171 g/mol. The van der Waals surface area contributed by atoms with E-state index < -0.39 is 5.97 Å². The van der Waals surface area contributed by atoms with Crippen LogP contribution >= 0.6 is 0 Å². The molecule has 3 N–H and O–H groups in total. The lowest BCUT2D eigenvalue weighted by Gasteiger charge is -1.83. The summed E-state index contributed by atoms with van der Waals surface area (Å²) < 4.78 is 1.58. The average molecular weight is 171 g/mol. The SMILES string of the molecule is CC(=O)[O-].CCc1[nH]cc[n+]1N. The maximum absolute atomic E-state index is 8.89. The lowest BCUT2D eigenvalue weighted by Crippen LogP contribution is -2.45. The first-order valence-corrected chi connectivity index (χ1v) is 3.58. The molecule has 1 aromatic heterocycles. The lowest BCUT2D eigenvalue weighted by molar-refractivity contribution is -0.645. The third-order valence-electron chi connectivity index (χ3n) is 1.13. The van der Waals surface area contributed by atoms with E-state index in [-0.39, 0.29) is 0 Å². The highest BCUT2D eigenvalue weighted by Crippen LogP contribution is 1.81. The molecule has 1 heterocycles. The van der Waals surface area contributed by atoms with Crippen LogP contribution in [0.4, 0.5) is 0 Å². The predicted molar refractivity (Wildman–Crippen MR) is 41.2 cm³/mol. The third-order valence-corrected chi connectivity index (χ3v) is 1.13. The molecule has 0 bridgehead atoms. The molecule has 0 aliphatic heterocycles. The number of nitrogen functional groups attached to an aromatic ring is 1.